The zero-order valence-corrected chi connectivity index (χ0v) is 10.2. The average molecular weight is 312 g/mol. The number of alkyl halides is 6. The predicted molar refractivity (Wildman–Crippen MR) is 56.5 cm³/mol. The van der Waals surface area contributed by atoms with E-state index in [9.17, 15) is 31.1 Å². The number of carboxylic acids is 1. The molecule has 0 bridgehead atoms. The van der Waals surface area contributed by atoms with Crippen LogP contribution in [0.4, 0.5) is 26.3 Å². The van der Waals surface area contributed by atoms with E-state index in [0.717, 1.165) is 6.92 Å². The Labute approximate surface area is 113 Å². The summed E-state index contributed by atoms with van der Waals surface area (Å²) in [5.41, 5.74) is 2.08. The van der Waals surface area contributed by atoms with Gasteiger partial charge in [0.2, 0.25) is 0 Å². The minimum Gasteiger partial charge on any atom is -0.472 e. The lowest BCUT2D eigenvalue weighted by atomic mass is 9.95. The lowest BCUT2D eigenvalue weighted by Gasteiger charge is -2.15. The van der Waals surface area contributed by atoms with Crippen LogP contribution in [-0.2, 0) is 17.1 Å². The van der Waals surface area contributed by atoms with Gasteiger partial charge < -0.3 is 10.6 Å². The monoisotopic (exact) mass is 312 g/mol. The first-order valence-electron chi connectivity index (χ1n) is 5.14. The van der Waals surface area contributed by atoms with E-state index in [0.29, 0.717) is 0 Å². The second-order valence-electron chi connectivity index (χ2n) is 3.95. The molecule has 0 aliphatic heterocycles. The van der Waals surface area contributed by atoms with Gasteiger partial charge in [0, 0.05) is 0 Å². The number of carbonyl (C=O) groups is 1. The van der Waals surface area contributed by atoms with Crippen LogP contribution in [0.3, 0.4) is 0 Å². The van der Waals surface area contributed by atoms with Gasteiger partial charge in [0.15, 0.2) is 0 Å². The van der Waals surface area contributed by atoms with E-state index in [1.165, 1.54) is 0 Å². The number of halogens is 6. The van der Waals surface area contributed by atoms with Crippen LogP contribution >= 0.6 is 0 Å². The van der Waals surface area contributed by atoms with Crippen LogP contribution in [0.1, 0.15) is 22.3 Å². The van der Waals surface area contributed by atoms with Crippen LogP contribution in [0.15, 0.2) is 12.1 Å². The highest BCUT2D eigenvalue weighted by molar-refractivity contribution is 6.40. The van der Waals surface area contributed by atoms with Gasteiger partial charge in [-0.25, -0.2) is 4.79 Å². The molecule has 4 nitrogen and oxygen atoms in total. The molecule has 10 heteroatoms. The minimum atomic E-state index is -5.13. The fraction of sp³-hybridized carbons (Fsp3) is 0.273. The van der Waals surface area contributed by atoms with E-state index in [1.54, 1.807) is 0 Å². The van der Waals surface area contributed by atoms with Gasteiger partial charge in [-0.3, -0.25) is 0 Å². The lowest BCUT2D eigenvalue weighted by Crippen LogP contribution is -2.21. The molecule has 1 aromatic carbocycles. The van der Waals surface area contributed by atoms with Crippen molar-refractivity contribution in [2.45, 2.75) is 19.3 Å². The van der Waals surface area contributed by atoms with Gasteiger partial charge in [0.25, 0.3) is 0 Å². The van der Waals surface area contributed by atoms with Crippen molar-refractivity contribution in [3.8, 4) is 0 Å². The molecule has 0 aliphatic rings. The molecule has 21 heavy (non-hydrogen) atoms. The van der Waals surface area contributed by atoms with Crippen LogP contribution in [0.2, 0.25) is 0 Å². The van der Waals surface area contributed by atoms with Gasteiger partial charge in [0.05, 0.1) is 16.7 Å². The quantitative estimate of drug-likeness (QED) is 0.394. The number of hydrogen-bond donors (Lipinski definition) is 1. The Balaban J connectivity index is 3.81. The van der Waals surface area contributed by atoms with Crippen molar-refractivity contribution in [2.75, 3.05) is 0 Å². The number of carboxylic acid groups (broad SMARTS) is 1. The van der Waals surface area contributed by atoms with E-state index >= 15 is 0 Å². The van der Waals surface area contributed by atoms with E-state index in [2.05, 4.69) is 4.79 Å². The lowest BCUT2D eigenvalue weighted by molar-refractivity contribution is -0.143. The zero-order chi connectivity index (χ0) is 16.6. The van der Waals surface area contributed by atoms with E-state index in [1.807, 2.05) is 0 Å². The first kappa shape index (κ1) is 16.7. The molecular weight excluding hydrogens is 306 g/mol. The van der Waals surface area contributed by atoms with Gasteiger partial charge >= 0.3 is 24.0 Å². The van der Waals surface area contributed by atoms with Gasteiger partial charge in [-0.15, -0.1) is 0 Å². The highest BCUT2D eigenvalue weighted by Crippen LogP contribution is 2.38. The van der Waals surface area contributed by atoms with Gasteiger partial charge in [-0.1, -0.05) is 0 Å². The third kappa shape index (κ3) is 3.40. The first-order chi connectivity index (χ1) is 9.39. The Morgan fingerprint density at radius 2 is 1.67 bits per heavy atom. The van der Waals surface area contributed by atoms with Crippen molar-refractivity contribution >= 4 is 11.7 Å². The zero-order valence-electron chi connectivity index (χ0n) is 10.2. The Kier molecular flexibility index (Phi) is 4.14. The second-order valence-corrected chi connectivity index (χ2v) is 3.95. The highest BCUT2D eigenvalue weighted by Gasteiger charge is 2.41. The molecule has 0 amide bonds. The number of hydrogen-bond acceptors (Lipinski definition) is 1. The fourth-order valence-corrected chi connectivity index (χ4v) is 1.63. The van der Waals surface area contributed by atoms with Crippen molar-refractivity contribution in [3.63, 3.8) is 0 Å². The molecule has 0 saturated heterocycles. The van der Waals surface area contributed by atoms with Crippen LogP contribution in [-0.4, -0.2) is 21.6 Å². The molecule has 114 valence electrons. The Morgan fingerprint density at radius 3 is 2.00 bits per heavy atom. The molecule has 0 saturated carbocycles. The van der Waals surface area contributed by atoms with Gasteiger partial charge in [-0.2, -0.15) is 31.1 Å². The molecule has 0 aliphatic carbocycles. The summed E-state index contributed by atoms with van der Waals surface area (Å²) in [4.78, 5) is 13.0. The smallest absolute Gasteiger partial charge is 0.419 e. The maximum atomic E-state index is 12.7. The third-order valence-electron chi connectivity index (χ3n) is 2.60. The SMILES string of the molecule is Cc1c(C(=[N+]=[N-])C(=O)O)cc(C(F)(F)F)cc1C(F)(F)F. The Bertz CT molecular complexity index is 641. The largest absolute Gasteiger partial charge is 0.472 e. The Hall–Kier alpha value is -2.35. The minimum absolute atomic E-state index is 0.129. The number of aliphatic carboxylic acids is 1. The van der Waals surface area contributed by atoms with Crippen molar-refractivity contribution in [3.05, 3.63) is 39.9 Å². The molecule has 0 heterocycles. The summed E-state index contributed by atoms with van der Waals surface area (Å²) in [7, 11) is 0. The molecule has 1 rings (SSSR count). The van der Waals surface area contributed by atoms with Crippen LogP contribution in [0, 0.1) is 6.92 Å². The van der Waals surface area contributed by atoms with E-state index in [-0.39, 0.29) is 12.1 Å². The van der Waals surface area contributed by atoms with E-state index < -0.39 is 46.3 Å². The Morgan fingerprint density at radius 1 is 1.14 bits per heavy atom. The maximum absolute atomic E-state index is 12.7. The number of nitrogens with zero attached hydrogens (tertiary/aromatic N) is 2. The average Bonchev–Trinajstić information content (AvgIpc) is 2.28. The standard InChI is InChI=1S/C11H6F6N2O2/c1-4-6(8(19-18)9(20)21)2-5(10(12,13)14)3-7(4)11(15,16)17/h2-3H,1H3,(H,20,21). The van der Waals surface area contributed by atoms with Crippen LogP contribution < -0.4 is 0 Å². The highest BCUT2D eigenvalue weighted by atomic mass is 19.4. The molecule has 1 N–H and O–H groups in total. The third-order valence-corrected chi connectivity index (χ3v) is 2.60. The normalized spacial score (nSPS) is 12.0. The summed E-state index contributed by atoms with van der Waals surface area (Å²) >= 11 is 0. The van der Waals surface area contributed by atoms with Gasteiger partial charge in [0.1, 0.15) is 0 Å². The molecular formula is C11H6F6N2O2. The summed E-state index contributed by atoms with van der Waals surface area (Å²) in [6, 6.07) is 0.0590. The molecule has 1 aromatic rings. The molecule has 0 spiro atoms. The van der Waals surface area contributed by atoms with Gasteiger partial charge in [-0.05, 0) is 24.6 Å². The molecule has 0 unspecified atom stereocenters. The summed E-state index contributed by atoms with van der Waals surface area (Å²) in [6.07, 6.45) is -10.2. The summed E-state index contributed by atoms with van der Waals surface area (Å²) < 4.78 is 76.1. The van der Waals surface area contributed by atoms with E-state index in [4.69, 9.17) is 10.6 Å². The fourth-order valence-electron chi connectivity index (χ4n) is 1.63. The molecule has 0 radical (unpaired) electrons. The molecule has 0 fully saturated rings. The predicted octanol–water partition coefficient (Wildman–Crippen LogP) is 3.14. The topological polar surface area (TPSA) is 73.7 Å². The molecule has 0 atom stereocenters. The van der Waals surface area contributed by atoms with Crippen molar-refractivity contribution < 1.29 is 41.0 Å². The number of rotatable bonds is 2. The van der Waals surface area contributed by atoms with Crippen molar-refractivity contribution in [1.82, 2.24) is 0 Å². The van der Waals surface area contributed by atoms with Crippen LogP contribution in [0.5, 0.6) is 0 Å². The second kappa shape index (κ2) is 5.21. The molecule has 0 aromatic heterocycles. The van der Waals surface area contributed by atoms with Crippen molar-refractivity contribution in [1.29, 1.82) is 0 Å². The maximum Gasteiger partial charge on any atom is 0.419 e. The first-order valence-corrected chi connectivity index (χ1v) is 5.14. The summed E-state index contributed by atoms with van der Waals surface area (Å²) in [6.45, 7) is 0.784. The van der Waals surface area contributed by atoms with Crippen molar-refractivity contribution in [2.24, 2.45) is 0 Å². The van der Waals surface area contributed by atoms with Crippen LogP contribution in [0.25, 0.3) is 5.53 Å². The summed E-state index contributed by atoms with van der Waals surface area (Å²) in [5, 5.41) is 8.69. The number of benzene rings is 1. The summed E-state index contributed by atoms with van der Waals surface area (Å²) in [5.74, 6) is -1.96.